The Morgan fingerprint density at radius 1 is 1.55 bits per heavy atom. The first-order valence-electron chi connectivity index (χ1n) is 4.48. The minimum atomic E-state index is 0.581. The van der Waals surface area contributed by atoms with E-state index in [4.69, 9.17) is 4.74 Å². The Labute approximate surface area is 69.5 Å². The zero-order valence-corrected chi connectivity index (χ0v) is 7.84. The van der Waals surface area contributed by atoms with E-state index in [1.54, 1.807) is 0 Å². The summed E-state index contributed by atoms with van der Waals surface area (Å²) in [6, 6.07) is 0.694. The number of nitrogens with zero attached hydrogens (tertiary/aromatic N) is 1. The molecule has 1 heterocycles. The van der Waals surface area contributed by atoms with E-state index >= 15 is 0 Å². The molecule has 0 aromatic carbocycles. The zero-order valence-electron chi connectivity index (χ0n) is 7.84. The fourth-order valence-corrected chi connectivity index (χ4v) is 1.20. The van der Waals surface area contributed by atoms with Crippen molar-refractivity contribution in [1.82, 2.24) is 4.90 Å². The molecule has 1 aliphatic heterocycles. The molecule has 2 atom stereocenters. The molecule has 0 aliphatic carbocycles. The molecule has 66 valence electrons. The lowest BCUT2D eigenvalue weighted by Crippen LogP contribution is -2.30. The quantitative estimate of drug-likeness (QED) is 0.613. The van der Waals surface area contributed by atoms with E-state index in [0.717, 1.165) is 6.61 Å². The first-order chi connectivity index (χ1) is 5.20. The molecule has 0 aromatic rings. The van der Waals surface area contributed by atoms with Gasteiger partial charge in [-0.25, -0.2) is 0 Å². The van der Waals surface area contributed by atoms with Crippen LogP contribution >= 0.6 is 0 Å². The van der Waals surface area contributed by atoms with Gasteiger partial charge >= 0.3 is 0 Å². The Morgan fingerprint density at radius 3 is 2.55 bits per heavy atom. The van der Waals surface area contributed by atoms with Crippen LogP contribution in [0.3, 0.4) is 0 Å². The van der Waals surface area contributed by atoms with Crippen LogP contribution in [0.4, 0.5) is 0 Å². The van der Waals surface area contributed by atoms with Crippen molar-refractivity contribution in [2.24, 2.45) is 0 Å². The van der Waals surface area contributed by atoms with Crippen LogP contribution in [0.1, 0.15) is 26.2 Å². The van der Waals surface area contributed by atoms with Gasteiger partial charge in [0, 0.05) is 12.6 Å². The molecule has 0 saturated carbocycles. The van der Waals surface area contributed by atoms with Crippen molar-refractivity contribution in [1.29, 1.82) is 0 Å². The minimum absolute atomic E-state index is 0.581. The van der Waals surface area contributed by atoms with E-state index in [2.05, 4.69) is 25.9 Å². The highest BCUT2D eigenvalue weighted by molar-refractivity contribution is 4.69. The number of ether oxygens (including phenoxy) is 1. The molecule has 1 rings (SSSR count). The van der Waals surface area contributed by atoms with E-state index in [-0.39, 0.29) is 0 Å². The molecule has 2 heteroatoms. The fraction of sp³-hybridized carbons (Fsp3) is 1.00. The SMILES string of the molecule is CC(CCC1CCO1)N(C)C. The normalized spacial score (nSPS) is 26.7. The molecular weight excluding hydrogens is 138 g/mol. The van der Waals surface area contributed by atoms with Gasteiger partial charge in [-0.1, -0.05) is 0 Å². The van der Waals surface area contributed by atoms with Crippen LogP contribution in [0.25, 0.3) is 0 Å². The van der Waals surface area contributed by atoms with E-state index in [1.165, 1.54) is 19.3 Å². The molecule has 0 N–H and O–H groups in total. The molecule has 1 saturated heterocycles. The Kier molecular flexibility index (Phi) is 3.34. The lowest BCUT2D eigenvalue weighted by atomic mass is 10.0. The molecule has 2 nitrogen and oxygen atoms in total. The maximum absolute atomic E-state index is 5.34. The van der Waals surface area contributed by atoms with Crippen LogP contribution in [0.5, 0.6) is 0 Å². The Hall–Kier alpha value is -0.0800. The van der Waals surface area contributed by atoms with Gasteiger partial charge in [-0.15, -0.1) is 0 Å². The maximum atomic E-state index is 5.34. The number of hydrogen-bond donors (Lipinski definition) is 0. The monoisotopic (exact) mass is 157 g/mol. The van der Waals surface area contributed by atoms with Gasteiger partial charge in [-0.3, -0.25) is 0 Å². The molecule has 1 aliphatic rings. The Morgan fingerprint density at radius 2 is 2.18 bits per heavy atom. The smallest absolute Gasteiger partial charge is 0.0597 e. The summed E-state index contributed by atoms with van der Waals surface area (Å²) in [6.07, 6.45) is 4.36. The third kappa shape index (κ3) is 2.80. The topological polar surface area (TPSA) is 12.5 Å². The van der Waals surface area contributed by atoms with Gasteiger partial charge in [0.1, 0.15) is 0 Å². The van der Waals surface area contributed by atoms with Crippen molar-refractivity contribution < 1.29 is 4.74 Å². The number of rotatable bonds is 4. The van der Waals surface area contributed by atoms with Crippen LogP contribution in [0.2, 0.25) is 0 Å². The molecule has 11 heavy (non-hydrogen) atoms. The van der Waals surface area contributed by atoms with Gasteiger partial charge in [0.2, 0.25) is 0 Å². The summed E-state index contributed by atoms with van der Waals surface area (Å²) in [5.41, 5.74) is 0. The second kappa shape index (κ2) is 4.07. The molecule has 2 unspecified atom stereocenters. The van der Waals surface area contributed by atoms with Crippen LogP contribution in [-0.2, 0) is 4.74 Å². The number of hydrogen-bond acceptors (Lipinski definition) is 2. The lowest BCUT2D eigenvalue weighted by Gasteiger charge is -2.28. The first kappa shape index (κ1) is 9.01. The third-order valence-corrected chi connectivity index (χ3v) is 2.58. The molecule has 0 spiro atoms. The Bertz CT molecular complexity index is 110. The molecule has 1 fully saturated rings. The van der Waals surface area contributed by atoms with Crippen molar-refractivity contribution >= 4 is 0 Å². The van der Waals surface area contributed by atoms with Gasteiger partial charge in [-0.05, 0) is 40.3 Å². The van der Waals surface area contributed by atoms with E-state index in [9.17, 15) is 0 Å². The van der Waals surface area contributed by atoms with Crippen molar-refractivity contribution in [2.45, 2.75) is 38.3 Å². The first-order valence-corrected chi connectivity index (χ1v) is 4.48. The van der Waals surface area contributed by atoms with Crippen molar-refractivity contribution in [3.63, 3.8) is 0 Å². The van der Waals surface area contributed by atoms with Crippen molar-refractivity contribution in [3.8, 4) is 0 Å². The second-order valence-electron chi connectivity index (χ2n) is 3.67. The summed E-state index contributed by atoms with van der Waals surface area (Å²) in [4.78, 5) is 2.26. The molecule has 0 bridgehead atoms. The summed E-state index contributed by atoms with van der Waals surface area (Å²) in [5, 5.41) is 0. The fourth-order valence-electron chi connectivity index (χ4n) is 1.20. The van der Waals surface area contributed by atoms with E-state index < -0.39 is 0 Å². The molecule has 0 amide bonds. The van der Waals surface area contributed by atoms with Crippen LogP contribution in [0.15, 0.2) is 0 Å². The van der Waals surface area contributed by atoms with E-state index in [1.807, 2.05) is 0 Å². The highest BCUT2D eigenvalue weighted by atomic mass is 16.5. The summed E-state index contributed by atoms with van der Waals surface area (Å²) in [7, 11) is 4.26. The van der Waals surface area contributed by atoms with Crippen molar-refractivity contribution in [3.05, 3.63) is 0 Å². The second-order valence-corrected chi connectivity index (χ2v) is 3.67. The predicted octanol–water partition coefficient (Wildman–Crippen LogP) is 1.51. The van der Waals surface area contributed by atoms with Gasteiger partial charge in [0.05, 0.1) is 6.10 Å². The van der Waals surface area contributed by atoms with Crippen molar-refractivity contribution in [2.75, 3.05) is 20.7 Å². The van der Waals surface area contributed by atoms with Crippen LogP contribution in [-0.4, -0.2) is 37.7 Å². The summed E-state index contributed by atoms with van der Waals surface area (Å²) < 4.78 is 5.34. The van der Waals surface area contributed by atoms with Gasteiger partial charge in [0.25, 0.3) is 0 Å². The standard InChI is InChI=1S/C9H19NO/c1-8(10(2)3)4-5-9-6-7-11-9/h8-9H,4-7H2,1-3H3. The summed E-state index contributed by atoms with van der Waals surface area (Å²) in [6.45, 7) is 3.25. The maximum Gasteiger partial charge on any atom is 0.0597 e. The van der Waals surface area contributed by atoms with Crippen LogP contribution < -0.4 is 0 Å². The molecular formula is C9H19NO. The highest BCUT2D eigenvalue weighted by Crippen LogP contribution is 2.18. The Balaban J connectivity index is 2.01. The van der Waals surface area contributed by atoms with E-state index in [0.29, 0.717) is 12.1 Å². The average molecular weight is 157 g/mol. The third-order valence-electron chi connectivity index (χ3n) is 2.58. The largest absolute Gasteiger partial charge is 0.378 e. The summed E-state index contributed by atoms with van der Waals surface area (Å²) in [5.74, 6) is 0. The van der Waals surface area contributed by atoms with Gasteiger partial charge < -0.3 is 9.64 Å². The molecule has 0 radical (unpaired) electrons. The van der Waals surface area contributed by atoms with Gasteiger partial charge in [0.15, 0.2) is 0 Å². The zero-order chi connectivity index (χ0) is 8.27. The minimum Gasteiger partial charge on any atom is -0.378 e. The predicted molar refractivity (Wildman–Crippen MR) is 46.7 cm³/mol. The van der Waals surface area contributed by atoms with Gasteiger partial charge in [-0.2, -0.15) is 0 Å². The highest BCUT2D eigenvalue weighted by Gasteiger charge is 2.18. The van der Waals surface area contributed by atoms with Crippen LogP contribution in [0, 0.1) is 0 Å². The average Bonchev–Trinajstić information content (AvgIpc) is 1.83. The lowest BCUT2D eigenvalue weighted by molar-refractivity contribution is -0.0575. The summed E-state index contributed by atoms with van der Waals surface area (Å²) >= 11 is 0. The molecule has 0 aromatic heterocycles.